The minimum absolute atomic E-state index is 0.0971. The number of hydrogen-bond donors (Lipinski definition) is 2. The van der Waals surface area contributed by atoms with Crippen LogP contribution in [0.2, 0.25) is 5.02 Å². The van der Waals surface area contributed by atoms with E-state index in [2.05, 4.69) is 10.3 Å². The van der Waals surface area contributed by atoms with Crippen molar-refractivity contribution >= 4 is 40.1 Å². The average Bonchev–Trinajstić information content (AvgIpc) is 2.70. The normalized spacial score (nSPS) is 11.8. The highest BCUT2D eigenvalue weighted by Gasteiger charge is 2.25. The van der Waals surface area contributed by atoms with Crippen LogP contribution in [0.25, 0.3) is 10.9 Å². The number of para-hydroxylation sites is 1. The van der Waals surface area contributed by atoms with Crippen molar-refractivity contribution in [2.24, 2.45) is 0 Å². The molecule has 29 heavy (non-hydrogen) atoms. The van der Waals surface area contributed by atoms with Gasteiger partial charge in [-0.15, -0.1) is 0 Å². The first-order valence-corrected chi connectivity index (χ1v) is 9.17. The Bertz CT molecular complexity index is 1210. The fourth-order valence-electron chi connectivity index (χ4n) is 3.07. The number of nitrogens with zero attached hydrogens (tertiary/aromatic N) is 1. The first kappa shape index (κ1) is 20.3. The first-order valence-electron chi connectivity index (χ1n) is 8.79. The molecule has 0 bridgehead atoms. The van der Waals surface area contributed by atoms with Gasteiger partial charge in [0.1, 0.15) is 6.04 Å². The maximum atomic E-state index is 12.9. The molecule has 150 valence electrons. The number of carbonyl (C=O) groups is 2. The third kappa shape index (κ3) is 3.93. The average molecular weight is 416 g/mol. The van der Waals surface area contributed by atoms with Crippen molar-refractivity contribution in [3.8, 4) is 0 Å². The van der Waals surface area contributed by atoms with Crippen molar-refractivity contribution in [1.29, 1.82) is 0 Å². The highest BCUT2D eigenvalue weighted by atomic mass is 35.5. The van der Waals surface area contributed by atoms with Gasteiger partial charge in [0.25, 0.3) is 5.56 Å². The van der Waals surface area contributed by atoms with Crippen LogP contribution < -0.4 is 16.6 Å². The number of ether oxygens (including phenoxy) is 1. The molecule has 0 fully saturated rings. The summed E-state index contributed by atoms with van der Waals surface area (Å²) in [6.07, 6.45) is 0.168. The van der Waals surface area contributed by atoms with Crippen LogP contribution in [0.4, 0.5) is 5.69 Å². The number of H-pyrrole nitrogens is 1. The predicted octanol–water partition coefficient (Wildman–Crippen LogP) is 2.72. The van der Waals surface area contributed by atoms with Crippen LogP contribution in [-0.2, 0) is 9.53 Å². The molecule has 0 aliphatic carbocycles. The van der Waals surface area contributed by atoms with Gasteiger partial charge in [-0.2, -0.15) is 0 Å². The van der Waals surface area contributed by atoms with E-state index in [0.29, 0.717) is 10.5 Å². The molecular formula is C20H18ClN3O5. The summed E-state index contributed by atoms with van der Waals surface area (Å²) in [5.41, 5.74) is -0.671. The van der Waals surface area contributed by atoms with Crippen LogP contribution in [-0.4, -0.2) is 28.5 Å². The smallest absolute Gasteiger partial charge is 0.339 e. The molecule has 3 aromatic rings. The Morgan fingerprint density at radius 3 is 2.62 bits per heavy atom. The lowest BCUT2D eigenvalue weighted by Gasteiger charge is -2.18. The monoisotopic (exact) mass is 415 g/mol. The fraction of sp³-hybridized carbons (Fsp3) is 0.200. The van der Waals surface area contributed by atoms with Crippen molar-refractivity contribution in [1.82, 2.24) is 9.55 Å². The van der Waals surface area contributed by atoms with Gasteiger partial charge in [0.05, 0.1) is 29.3 Å². The van der Waals surface area contributed by atoms with E-state index >= 15 is 0 Å². The molecule has 1 amide bonds. The molecule has 3 rings (SSSR count). The molecule has 0 spiro atoms. The maximum Gasteiger partial charge on any atom is 0.339 e. The number of benzene rings is 2. The van der Waals surface area contributed by atoms with Crippen LogP contribution in [0.3, 0.4) is 0 Å². The van der Waals surface area contributed by atoms with Crippen LogP contribution in [0.5, 0.6) is 0 Å². The summed E-state index contributed by atoms with van der Waals surface area (Å²) < 4.78 is 5.59. The van der Waals surface area contributed by atoms with Gasteiger partial charge in [0.2, 0.25) is 5.91 Å². The van der Waals surface area contributed by atoms with Gasteiger partial charge < -0.3 is 15.0 Å². The van der Waals surface area contributed by atoms with Gasteiger partial charge in [-0.05, 0) is 36.8 Å². The number of amides is 1. The summed E-state index contributed by atoms with van der Waals surface area (Å²) in [5, 5.41) is 3.16. The number of hydrogen-bond acceptors (Lipinski definition) is 5. The van der Waals surface area contributed by atoms with E-state index in [4.69, 9.17) is 16.3 Å². The minimum atomic E-state index is -1.10. The second-order valence-corrected chi connectivity index (χ2v) is 6.68. The number of aromatic amines is 1. The number of halogens is 1. The Labute approximate surface area is 170 Å². The second-order valence-electron chi connectivity index (χ2n) is 6.25. The lowest BCUT2D eigenvalue weighted by atomic mass is 10.1. The number of rotatable bonds is 5. The summed E-state index contributed by atoms with van der Waals surface area (Å²) in [6, 6.07) is 9.74. The highest BCUT2D eigenvalue weighted by molar-refractivity contribution is 6.31. The molecular weight excluding hydrogens is 398 g/mol. The highest BCUT2D eigenvalue weighted by Crippen LogP contribution is 2.23. The van der Waals surface area contributed by atoms with Gasteiger partial charge in [0, 0.05) is 5.02 Å². The van der Waals surface area contributed by atoms with Crippen molar-refractivity contribution < 1.29 is 14.3 Å². The molecule has 0 radical (unpaired) electrons. The number of nitrogens with one attached hydrogen (secondary N) is 2. The van der Waals surface area contributed by atoms with Gasteiger partial charge >= 0.3 is 11.7 Å². The summed E-state index contributed by atoms with van der Waals surface area (Å²) in [6.45, 7) is 1.67. The zero-order valence-electron chi connectivity index (χ0n) is 15.7. The molecule has 9 heteroatoms. The van der Waals surface area contributed by atoms with E-state index < -0.39 is 29.2 Å². The Kier molecular flexibility index (Phi) is 5.84. The lowest BCUT2D eigenvalue weighted by Crippen LogP contribution is -2.42. The number of methoxy groups -OCH3 is 1. The number of aromatic nitrogens is 2. The van der Waals surface area contributed by atoms with Crippen molar-refractivity contribution in [3.63, 3.8) is 0 Å². The molecule has 1 atom stereocenters. The van der Waals surface area contributed by atoms with Crippen LogP contribution in [0, 0.1) is 0 Å². The molecule has 1 unspecified atom stereocenters. The Balaban J connectivity index is 2.05. The largest absolute Gasteiger partial charge is 0.465 e. The number of esters is 1. The molecule has 8 nitrogen and oxygen atoms in total. The molecule has 0 aliphatic heterocycles. The summed E-state index contributed by atoms with van der Waals surface area (Å²) in [7, 11) is 1.21. The van der Waals surface area contributed by atoms with Crippen molar-refractivity contribution in [3.05, 3.63) is 73.9 Å². The third-order valence-electron chi connectivity index (χ3n) is 4.48. The topological polar surface area (TPSA) is 110 Å². The zero-order valence-corrected chi connectivity index (χ0v) is 16.4. The van der Waals surface area contributed by atoms with Gasteiger partial charge in [-0.25, -0.2) is 14.2 Å². The standard InChI is InChI=1S/C20H18ClN3O5/c1-3-16(24-18(26)12-6-4-5-7-14(12)23-20(24)28)17(25)22-15-10-11(21)8-9-13(15)19(27)29-2/h4-10,16H,3H2,1-2H3,(H,22,25)(H,23,28). The fourth-order valence-corrected chi connectivity index (χ4v) is 3.24. The van der Waals surface area contributed by atoms with E-state index in [-0.39, 0.29) is 23.1 Å². The quantitative estimate of drug-likeness (QED) is 0.622. The van der Waals surface area contributed by atoms with E-state index in [1.807, 2.05) is 0 Å². The van der Waals surface area contributed by atoms with Crippen molar-refractivity contribution in [2.45, 2.75) is 19.4 Å². The molecule has 2 N–H and O–H groups in total. The summed E-state index contributed by atoms with van der Waals surface area (Å²) >= 11 is 5.98. The lowest BCUT2D eigenvalue weighted by molar-refractivity contribution is -0.119. The number of fused-ring (bicyclic) bond motifs is 1. The zero-order chi connectivity index (χ0) is 21.1. The Morgan fingerprint density at radius 1 is 1.21 bits per heavy atom. The maximum absolute atomic E-state index is 12.9. The SMILES string of the molecule is CCC(C(=O)Nc1cc(Cl)ccc1C(=O)OC)n1c(=O)[nH]c2ccccc2c1=O. The van der Waals surface area contributed by atoms with Gasteiger partial charge in [-0.1, -0.05) is 30.7 Å². The van der Waals surface area contributed by atoms with E-state index in [9.17, 15) is 19.2 Å². The molecule has 0 aliphatic rings. The second kappa shape index (κ2) is 8.32. The number of carbonyl (C=O) groups excluding carboxylic acids is 2. The predicted molar refractivity (Wildman–Crippen MR) is 110 cm³/mol. The molecule has 0 saturated carbocycles. The Morgan fingerprint density at radius 2 is 1.93 bits per heavy atom. The minimum Gasteiger partial charge on any atom is -0.465 e. The van der Waals surface area contributed by atoms with Crippen molar-refractivity contribution in [2.75, 3.05) is 12.4 Å². The van der Waals surface area contributed by atoms with Gasteiger partial charge in [-0.3, -0.25) is 9.59 Å². The van der Waals surface area contributed by atoms with E-state index in [1.165, 1.54) is 25.3 Å². The molecule has 1 heterocycles. The van der Waals surface area contributed by atoms with Crippen LogP contribution in [0.15, 0.2) is 52.1 Å². The van der Waals surface area contributed by atoms with Gasteiger partial charge in [0.15, 0.2) is 0 Å². The van der Waals surface area contributed by atoms with Crippen LogP contribution in [0.1, 0.15) is 29.7 Å². The molecule has 1 aromatic heterocycles. The summed E-state index contributed by atoms with van der Waals surface area (Å²) in [5.74, 6) is -1.30. The first-order chi connectivity index (χ1) is 13.9. The number of anilines is 1. The molecule has 2 aromatic carbocycles. The third-order valence-corrected chi connectivity index (χ3v) is 4.72. The van der Waals surface area contributed by atoms with Crippen LogP contribution >= 0.6 is 11.6 Å². The van der Waals surface area contributed by atoms with E-state index in [1.54, 1.807) is 31.2 Å². The summed E-state index contributed by atoms with van der Waals surface area (Å²) in [4.78, 5) is 52.9. The van der Waals surface area contributed by atoms with E-state index in [0.717, 1.165) is 4.57 Å². The Hall–Kier alpha value is -3.39. The molecule has 0 saturated heterocycles.